The molecule has 1 aromatic rings. The first-order valence-electron chi connectivity index (χ1n) is 6.48. The molecule has 2 heterocycles. The molecule has 2 aliphatic heterocycles. The van der Waals surface area contributed by atoms with Gasteiger partial charge in [-0.25, -0.2) is 0 Å². The highest BCUT2D eigenvalue weighted by molar-refractivity contribution is 5.34. The van der Waals surface area contributed by atoms with Crippen molar-refractivity contribution in [1.82, 2.24) is 10.2 Å². The van der Waals surface area contributed by atoms with Crippen LogP contribution >= 0.6 is 0 Å². The molecule has 2 fully saturated rings. The molecule has 0 aliphatic carbocycles. The third kappa shape index (κ3) is 1.94. The second-order valence-electron chi connectivity index (χ2n) is 5.37. The summed E-state index contributed by atoms with van der Waals surface area (Å²) in [6.07, 6.45) is 0. The van der Waals surface area contributed by atoms with Crippen LogP contribution in [0, 0.1) is 11.8 Å². The maximum Gasteiger partial charge on any atom is 0.120 e. The molecule has 17 heavy (non-hydrogen) atoms. The first-order valence-corrected chi connectivity index (χ1v) is 6.48. The van der Waals surface area contributed by atoms with Gasteiger partial charge < -0.3 is 10.4 Å². The van der Waals surface area contributed by atoms with Gasteiger partial charge >= 0.3 is 0 Å². The summed E-state index contributed by atoms with van der Waals surface area (Å²) in [5.41, 5.74) is 1.06. The maximum atomic E-state index is 9.91. The van der Waals surface area contributed by atoms with Crippen molar-refractivity contribution in [1.29, 1.82) is 0 Å². The van der Waals surface area contributed by atoms with Crippen LogP contribution in [-0.2, 0) is 0 Å². The van der Waals surface area contributed by atoms with Crippen LogP contribution in [0.5, 0.6) is 5.75 Å². The molecule has 0 bridgehead atoms. The fourth-order valence-corrected chi connectivity index (χ4v) is 3.25. The van der Waals surface area contributed by atoms with E-state index in [4.69, 9.17) is 0 Å². The Morgan fingerprint density at radius 2 is 1.88 bits per heavy atom. The molecule has 0 radical (unpaired) electrons. The van der Waals surface area contributed by atoms with Gasteiger partial charge in [-0.2, -0.15) is 0 Å². The summed E-state index contributed by atoms with van der Waals surface area (Å²) in [6.45, 7) is 6.84. The third-order valence-corrected chi connectivity index (χ3v) is 4.35. The molecule has 2 N–H and O–H groups in total. The number of hydrogen-bond acceptors (Lipinski definition) is 3. The molecule has 3 unspecified atom stereocenters. The van der Waals surface area contributed by atoms with E-state index in [9.17, 15) is 5.11 Å². The van der Waals surface area contributed by atoms with Crippen LogP contribution in [0.3, 0.4) is 0 Å². The quantitative estimate of drug-likeness (QED) is 0.813. The fourth-order valence-electron chi connectivity index (χ4n) is 3.25. The van der Waals surface area contributed by atoms with Crippen molar-refractivity contribution < 1.29 is 5.11 Å². The Balaban J connectivity index is 1.75. The molecule has 0 amide bonds. The van der Waals surface area contributed by atoms with Gasteiger partial charge in [-0.3, -0.25) is 4.90 Å². The summed E-state index contributed by atoms with van der Waals surface area (Å²) in [5.74, 6) is 2.04. The van der Waals surface area contributed by atoms with Crippen molar-refractivity contribution in [2.75, 3.05) is 26.2 Å². The van der Waals surface area contributed by atoms with Crippen LogP contribution in [0.15, 0.2) is 24.3 Å². The molecule has 3 atom stereocenters. The SMILES string of the molecule is CC(c1ccccc1O)N1CC2CNCC2C1. The van der Waals surface area contributed by atoms with E-state index in [1.807, 2.05) is 18.2 Å². The van der Waals surface area contributed by atoms with Gasteiger partial charge in [0.2, 0.25) is 0 Å². The van der Waals surface area contributed by atoms with Crippen LogP contribution in [0.25, 0.3) is 0 Å². The Hall–Kier alpha value is -1.06. The highest BCUT2D eigenvalue weighted by Gasteiger charge is 2.38. The number of nitrogens with one attached hydrogen (secondary N) is 1. The lowest BCUT2D eigenvalue weighted by Crippen LogP contribution is -2.28. The van der Waals surface area contributed by atoms with Gasteiger partial charge in [0, 0.05) is 24.7 Å². The van der Waals surface area contributed by atoms with Gasteiger partial charge in [0.25, 0.3) is 0 Å². The number of aromatic hydroxyl groups is 1. The van der Waals surface area contributed by atoms with E-state index in [0.717, 1.165) is 43.6 Å². The number of hydrogen-bond donors (Lipinski definition) is 2. The summed E-state index contributed by atoms with van der Waals surface area (Å²) in [5, 5.41) is 13.4. The molecular formula is C14H20N2O. The number of nitrogens with zero attached hydrogens (tertiary/aromatic N) is 1. The minimum atomic E-state index is 0.321. The lowest BCUT2D eigenvalue weighted by atomic mass is 10.0. The monoisotopic (exact) mass is 232 g/mol. The predicted molar refractivity (Wildman–Crippen MR) is 67.9 cm³/mol. The molecule has 92 valence electrons. The molecule has 3 nitrogen and oxygen atoms in total. The third-order valence-electron chi connectivity index (χ3n) is 4.35. The molecule has 0 aromatic heterocycles. The zero-order valence-corrected chi connectivity index (χ0v) is 10.3. The average Bonchev–Trinajstić information content (AvgIpc) is 2.88. The maximum absolute atomic E-state index is 9.91. The second kappa shape index (κ2) is 4.31. The van der Waals surface area contributed by atoms with E-state index in [1.54, 1.807) is 6.07 Å². The summed E-state index contributed by atoms with van der Waals surface area (Å²) in [6, 6.07) is 8.02. The van der Waals surface area contributed by atoms with Gasteiger partial charge in [-0.05, 0) is 37.9 Å². The first kappa shape index (κ1) is 11.1. The highest BCUT2D eigenvalue weighted by atomic mass is 16.3. The largest absolute Gasteiger partial charge is 0.508 e. The Morgan fingerprint density at radius 1 is 1.24 bits per heavy atom. The topological polar surface area (TPSA) is 35.5 Å². The number of rotatable bonds is 2. The number of benzene rings is 1. The van der Waals surface area contributed by atoms with Crippen LogP contribution in [0.4, 0.5) is 0 Å². The minimum Gasteiger partial charge on any atom is -0.508 e. The smallest absolute Gasteiger partial charge is 0.120 e. The summed E-state index contributed by atoms with van der Waals surface area (Å²) >= 11 is 0. The normalized spacial score (nSPS) is 30.4. The lowest BCUT2D eigenvalue weighted by molar-refractivity contribution is 0.239. The highest BCUT2D eigenvalue weighted by Crippen LogP contribution is 2.35. The van der Waals surface area contributed by atoms with Gasteiger partial charge in [-0.15, -0.1) is 0 Å². The van der Waals surface area contributed by atoms with E-state index >= 15 is 0 Å². The molecule has 2 saturated heterocycles. The number of fused-ring (bicyclic) bond motifs is 1. The van der Waals surface area contributed by atoms with E-state index < -0.39 is 0 Å². The Kier molecular flexibility index (Phi) is 2.81. The van der Waals surface area contributed by atoms with Crippen LogP contribution in [0.2, 0.25) is 0 Å². The molecule has 2 aliphatic rings. The number of para-hydroxylation sites is 1. The second-order valence-corrected chi connectivity index (χ2v) is 5.37. The number of phenols is 1. The van der Waals surface area contributed by atoms with Crippen molar-refractivity contribution >= 4 is 0 Å². The zero-order chi connectivity index (χ0) is 11.8. The zero-order valence-electron chi connectivity index (χ0n) is 10.3. The summed E-state index contributed by atoms with van der Waals surface area (Å²) in [7, 11) is 0. The van der Waals surface area contributed by atoms with Crippen molar-refractivity contribution in [2.45, 2.75) is 13.0 Å². The van der Waals surface area contributed by atoms with E-state index in [1.165, 1.54) is 0 Å². The molecular weight excluding hydrogens is 212 g/mol. The first-order chi connectivity index (χ1) is 8.25. The van der Waals surface area contributed by atoms with Gasteiger partial charge in [0.05, 0.1) is 0 Å². The van der Waals surface area contributed by atoms with Crippen molar-refractivity contribution in [2.24, 2.45) is 11.8 Å². The number of phenolic OH excluding ortho intramolecular Hbond substituents is 1. The average molecular weight is 232 g/mol. The Labute approximate surface area is 102 Å². The van der Waals surface area contributed by atoms with Crippen LogP contribution in [0.1, 0.15) is 18.5 Å². The molecule has 3 heteroatoms. The Morgan fingerprint density at radius 3 is 2.53 bits per heavy atom. The predicted octanol–water partition coefficient (Wildman–Crippen LogP) is 1.60. The molecule has 0 saturated carbocycles. The van der Waals surface area contributed by atoms with Crippen molar-refractivity contribution in [3.63, 3.8) is 0 Å². The Bertz CT molecular complexity index is 395. The van der Waals surface area contributed by atoms with E-state index in [0.29, 0.717) is 11.8 Å². The summed E-state index contributed by atoms with van der Waals surface area (Å²) in [4.78, 5) is 2.51. The lowest BCUT2D eigenvalue weighted by Gasteiger charge is -2.26. The van der Waals surface area contributed by atoms with Gasteiger partial charge in [0.1, 0.15) is 5.75 Å². The van der Waals surface area contributed by atoms with E-state index in [2.05, 4.69) is 17.1 Å². The molecule has 0 spiro atoms. The molecule has 1 aromatic carbocycles. The van der Waals surface area contributed by atoms with Crippen molar-refractivity contribution in [3.05, 3.63) is 29.8 Å². The van der Waals surface area contributed by atoms with Gasteiger partial charge in [0.15, 0.2) is 0 Å². The summed E-state index contributed by atoms with van der Waals surface area (Å²) < 4.78 is 0. The van der Waals surface area contributed by atoms with Crippen molar-refractivity contribution in [3.8, 4) is 5.75 Å². The van der Waals surface area contributed by atoms with E-state index in [-0.39, 0.29) is 0 Å². The molecule has 3 rings (SSSR count). The standard InChI is InChI=1S/C14H20N2O/c1-10(13-4-2-3-5-14(13)17)16-8-11-6-15-7-12(11)9-16/h2-5,10-12,15,17H,6-9H2,1H3. The minimum absolute atomic E-state index is 0.321. The van der Waals surface area contributed by atoms with Gasteiger partial charge in [-0.1, -0.05) is 18.2 Å². The number of likely N-dealkylation sites (tertiary alicyclic amines) is 1. The van der Waals surface area contributed by atoms with Crippen LogP contribution < -0.4 is 5.32 Å². The fraction of sp³-hybridized carbons (Fsp3) is 0.571. The van der Waals surface area contributed by atoms with Crippen LogP contribution in [-0.4, -0.2) is 36.2 Å².